The van der Waals surface area contributed by atoms with Crippen LogP contribution in [0, 0.1) is 11.6 Å². The first-order chi connectivity index (χ1) is 17.8. The Labute approximate surface area is 210 Å². The van der Waals surface area contributed by atoms with Crippen molar-refractivity contribution in [1.82, 2.24) is 19.5 Å². The molecule has 37 heavy (non-hydrogen) atoms. The molecule has 0 aliphatic rings. The largest absolute Gasteiger partial charge is 0.300 e. The molecule has 9 heteroatoms. The zero-order chi connectivity index (χ0) is 25.7. The number of aromatic nitrogens is 4. The van der Waals surface area contributed by atoms with Crippen LogP contribution in [0.4, 0.5) is 8.78 Å². The van der Waals surface area contributed by atoms with Gasteiger partial charge in [0.1, 0.15) is 17.3 Å². The SMILES string of the molecule is CS(=O)(=O)c1ccc(-c2ccc3c(-n4ccc5cnc(-c6cc(F)ccc6F)nc54)ccnc3c2)cc1. The van der Waals surface area contributed by atoms with E-state index >= 15 is 0 Å². The standard InChI is InChI=1S/C28H18F2N4O2S/c1-37(35,36)21-6-2-17(3-7-21)18-4-8-22-25(14-18)31-12-10-26(22)34-13-11-19-16-32-27(33-28(19)34)23-15-20(29)5-9-24(23)30/h2-16H,1H3. The van der Waals surface area contributed by atoms with Gasteiger partial charge in [-0.15, -0.1) is 0 Å². The first-order valence-electron chi connectivity index (χ1n) is 11.3. The summed E-state index contributed by atoms with van der Waals surface area (Å²) in [5.74, 6) is -1.09. The minimum absolute atomic E-state index is 0.0132. The van der Waals surface area contributed by atoms with Crippen LogP contribution in [0.15, 0.2) is 96.3 Å². The van der Waals surface area contributed by atoms with Crippen molar-refractivity contribution < 1.29 is 17.2 Å². The van der Waals surface area contributed by atoms with Crippen molar-refractivity contribution in [3.05, 3.63) is 103 Å². The van der Waals surface area contributed by atoms with Crippen LogP contribution in [0.5, 0.6) is 0 Å². The predicted octanol–water partition coefficient (Wildman–Crippen LogP) is 5.98. The molecule has 0 unspecified atom stereocenters. The number of benzene rings is 3. The molecular weight excluding hydrogens is 494 g/mol. The second-order valence-electron chi connectivity index (χ2n) is 8.64. The van der Waals surface area contributed by atoms with E-state index in [1.807, 2.05) is 41.1 Å². The molecule has 3 heterocycles. The molecule has 0 fully saturated rings. The number of rotatable bonds is 4. The smallest absolute Gasteiger partial charge is 0.175 e. The Bertz CT molecular complexity index is 1930. The molecule has 3 aromatic carbocycles. The third kappa shape index (κ3) is 4.13. The van der Waals surface area contributed by atoms with Crippen LogP contribution < -0.4 is 0 Å². The molecule has 182 valence electrons. The van der Waals surface area contributed by atoms with Gasteiger partial charge in [0, 0.05) is 35.6 Å². The van der Waals surface area contributed by atoms with E-state index in [4.69, 9.17) is 0 Å². The van der Waals surface area contributed by atoms with Crippen LogP contribution in [-0.4, -0.2) is 34.2 Å². The van der Waals surface area contributed by atoms with E-state index < -0.39 is 21.5 Å². The molecular formula is C28H18F2N4O2S. The van der Waals surface area contributed by atoms with Crippen LogP contribution >= 0.6 is 0 Å². The molecule has 6 nitrogen and oxygen atoms in total. The number of hydrogen-bond acceptors (Lipinski definition) is 5. The van der Waals surface area contributed by atoms with Crippen molar-refractivity contribution in [3.8, 4) is 28.2 Å². The number of pyridine rings is 1. The lowest BCUT2D eigenvalue weighted by Crippen LogP contribution is -1.99. The second-order valence-corrected chi connectivity index (χ2v) is 10.7. The fraction of sp³-hybridized carbons (Fsp3) is 0.0357. The van der Waals surface area contributed by atoms with Crippen molar-refractivity contribution in [2.24, 2.45) is 0 Å². The van der Waals surface area contributed by atoms with Crippen molar-refractivity contribution in [1.29, 1.82) is 0 Å². The van der Waals surface area contributed by atoms with E-state index in [-0.39, 0.29) is 16.3 Å². The molecule has 0 aliphatic heterocycles. The van der Waals surface area contributed by atoms with Gasteiger partial charge < -0.3 is 4.57 Å². The Morgan fingerprint density at radius 1 is 0.838 bits per heavy atom. The van der Waals surface area contributed by atoms with E-state index in [0.29, 0.717) is 5.65 Å². The van der Waals surface area contributed by atoms with Gasteiger partial charge in [-0.3, -0.25) is 4.98 Å². The van der Waals surface area contributed by atoms with Crippen molar-refractivity contribution in [2.45, 2.75) is 4.90 Å². The Kier molecular flexibility index (Phi) is 5.31. The van der Waals surface area contributed by atoms with E-state index in [1.165, 1.54) is 6.26 Å². The Morgan fingerprint density at radius 2 is 1.62 bits per heavy atom. The van der Waals surface area contributed by atoms with Crippen molar-refractivity contribution in [3.63, 3.8) is 0 Å². The summed E-state index contributed by atoms with van der Waals surface area (Å²) in [5, 5.41) is 1.60. The van der Waals surface area contributed by atoms with Gasteiger partial charge >= 0.3 is 0 Å². The molecule has 0 saturated heterocycles. The third-order valence-corrected chi connectivity index (χ3v) is 7.32. The normalized spacial score (nSPS) is 11.9. The Morgan fingerprint density at radius 3 is 2.41 bits per heavy atom. The number of hydrogen-bond donors (Lipinski definition) is 0. The van der Waals surface area contributed by atoms with Gasteiger partial charge in [0.15, 0.2) is 15.7 Å². The summed E-state index contributed by atoms with van der Waals surface area (Å²) < 4.78 is 53.6. The Balaban J connectivity index is 1.45. The molecule has 0 amide bonds. The van der Waals surface area contributed by atoms with Gasteiger partial charge in [-0.25, -0.2) is 27.2 Å². The van der Waals surface area contributed by atoms with Crippen LogP contribution in [0.2, 0.25) is 0 Å². The highest BCUT2D eigenvalue weighted by molar-refractivity contribution is 7.90. The molecule has 0 saturated carbocycles. The third-order valence-electron chi connectivity index (χ3n) is 6.19. The summed E-state index contributed by atoms with van der Waals surface area (Å²) in [4.78, 5) is 13.6. The van der Waals surface area contributed by atoms with E-state index in [9.17, 15) is 17.2 Å². The first kappa shape index (κ1) is 22.9. The summed E-state index contributed by atoms with van der Waals surface area (Å²) in [6, 6.07) is 19.4. The van der Waals surface area contributed by atoms with E-state index in [2.05, 4.69) is 15.0 Å². The highest BCUT2D eigenvalue weighted by Crippen LogP contribution is 2.30. The van der Waals surface area contributed by atoms with E-state index in [0.717, 1.165) is 51.3 Å². The number of sulfone groups is 1. The van der Waals surface area contributed by atoms with Gasteiger partial charge in [-0.1, -0.05) is 24.3 Å². The maximum absolute atomic E-state index is 14.4. The zero-order valence-corrected chi connectivity index (χ0v) is 20.2. The molecule has 6 rings (SSSR count). The van der Waals surface area contributed by atoms with E-state index in [1.54, 1.807) is 36.7 Å². The van der Waals surface area contributed by atoms with Crippen molar-refractivity contribution >= 4 is 31.8 Å². The van der Waals surface area contributed by atoms with Crippen LogP contribution in [0.1, 0.15) is 0 Å². The highest BCUT2D eigenvalue weighted by atomic mass is 32.2. The lowest BCUT2D eigenvalue weighted by atomic mass is 10.0. The maximum Gasteiger partial charge on any atom is 0.175 e. The molecule has 0 aliphatic carbocycles. The summed E-state index contributed by atoms with van der Waals surface area (Å²) in [5.41, 5.74) is 3.82. The molecule has 6 aromatic rings. The number of fused-ring (bicyclic) bond motifs is 2. The molecule has 3 aromatic heterocycles. The topological polar surface area (TPSA) is 77.7 Å². The molecule has 0 bridgehead atoms. The minimum Gasteiger partial charge on any atom is -0.300 e. The van der Waals surface area contributed by atoms with Crippen molar-refractivity contribution in [2.75, 3.05) is 6.26 Å². The predicted molar refractivity (Wildman–Crippen MR) is 138 cm³/mol. The first-order valence-corrected chi connectivity index (χ1v) is 13.2. The molecule has 0 N–H and O–H groups in total. The fourth-order valence-electron chi connectivity index (χ4n) is 4.33. The highest BCUT2D eigenvalue weighted by Gasteiger charge is 2.15. The van der Waals surface area contributed by atoms with Gasteiger partial charge in [-0.2, -0.15) is 0 Å². The summed E-state index contributed by atoms with van der Waals surface area (Å²) in [6.45, 7) is 0. The number of nitrogens with zero attached hydrogens (tertiary/aromatic N) is 4. The van der Waals surface area contributed by atoms with Crippen LogP contribution in [-0.2, 0) is 9.84 Å². The molecule has 0 atom stereocenters. The quantitative estimate of drug-likeness (QED) is 0.290. The monoisotopic (exact) mass is 512 g/mol. The number of halogens is 2. The maximum atomic E-state index is 14.4. The van der Waals surface area contributed by atoms with Gasteiger partial charge in [0.25, 0.3) is 0 Å². The second kappa shape index (κ2) is 8.56. The van der Waals surface area contributed by atoms with Gasteiger partial charge in [-0.05, 0) is 59.7 Å². The van der Waals surface area contributed by atoms with Gasteiger partial charge in [0.05, 0.1) is 21.7 Å². The fourth-order valence-corrected chi connectivity index (χ4v) is 4.96. The average Bonchev–Trinajstić information content (AvgIpc) is 3.32. The van der Waals surface area contributed by atoms with Gasteiger partial charge in [0.2, 0.25) is 0 Å². The minimum atomic E-state index is -3.28. The summed E-state index contributed by atoms with van der Waals surface area (Å²) in [7, 11) is -3.28. The summed E-state index contributed by atoms with van der Waals surface area (Å²) in [6.07, 6.45) is 6.29. The lowest BCUT2D eigenvalue weighted by Gasteiger charge is -2.11. The average molecular weight is 513 g/mol. The molecule has 0 radical (unpaired) electrons. The van der Waals surface area contributed by atoms with Crippen LogP contribution in [0.25, 0.3) is 50.1 Å². The zero-order valence-electron chi connectivity index (χ0n) is 19.4. The molecule has 0 spiro atoms. The lowest BCUT2D eigenvalue weighted by molar-refractivity contribution is 0.602. The summed E-state index contributed by atoms with van der Waals surface area (Å²) >= 11 is 0. The van der Waals surface area contributed by atoms with Crippen LogP contribution in [0.3, 0.4) is 0 Å². The Hall–Kier alpha value is -4.50.